The van der Waals surface area contributed by atoms with E-state index in [4.69, 9.17) is 0 Å². The van der Waals surface area contributed by atoms with Crippen molar-refractivity contribution in [3.63, 3.8) is 0 Å². The Bertz CT molecular complexity index is 4190. The summed E-state index contributed by atoms with van der Waals surface area (Å²) in [5.41, 5.74) is 22.0. The van der Waals surface area contributed by atoms with Gasteiger partial charge >= 0.3 is 0 Å². The second kappa shape index (κ2) is 15.1. The third kappa shape index (κ3) is 5.49. The lowest BCUT2D eigenvalue weighted by Crippen LogP contribution is -2.26. The molecule has 0 aliphatic heterocycles. The van der Waals surface area contributed by atoms with Gasteiger partial charge < -0.3 is 9.47 Å². The van der Waals surface area contributed by atoms with E-state index in [9.17, 15) is 0 Å². The molecule has 70 heavy (non-hydrogen) atoms. The molecule has 0 bridgehead atoms. The van der Waals surface area contributed by atoms with Crippen molar-refractivity contribution >= 4 is 70.4 Å². The summed E-state index contributed by atoms with van der Waals surface area (Å²) in [6.07, 6.45) is 0. The molecule has 11 aromatic carbocycles. The predicted octanol–water partition coefficient (Wildman–Crippen LogP) is 18.3. The van der Waals surface area contributed by atoms with Crippen molar-refractivity contribution in [3.8, 4) is 50.2 Å². The lowest BCUT2D eigenvalue weighted by molar-refractivity contribution is 0.793. The zero-order valence-corrected chi connectivity index (χ0v) is 38.9. The molecule has 0 radical (unpaired) electrons. The quantitative estimate of drug-likeness (QED) is 0.161. The number of anilines is 3. The van der Waals surface area contributed by atoms with Crippen molar-refractivity contribution in [1.29, 1.82) is 0 Å². The van der Waals surface area contributed by atoms with Crippen LogP contribution in [0.5, 0.6) is 0 Å². The standard InChI is InChI=1S/C67H42N2S/c1-2-17-45(18-3-1)68(47-38-39-53-52-23-8-13-29-60(52)67(61(53)42-47)58-27-11-6-21-50(58)51-22-7-12-28-59(51)67)46-36-33-43(34-37-46)48-19-4-5-20-49(48)44-35-40-63-57(41-44)54-24-9-14-30-62(54)69(63)64-31-16-26-56-55-25-10-15-32-65(55)70-66(56)64/h1-42H. The average molecular weight is 907 g/mol. The lowest BCUT2D eigenvalue weighted by Gasteiger charge is -2.32. The van der Waals surface area contributed by atoms with Crippen molar-refractivity contribution in [2.24, 2.45) is 0 Å². The molecule has 15 rings (SSSR count). The highest BCUT2D eigenvalue weighted by Crippen LogP contribution is 2.63. The van der Waals surface area contributed by atoms with Crippen LogP contribution in [0, 0.1) is 0 Å². The van der Waals surface area contributed by atoms with E-state index in [1.54, 1.807) is 0 Å². The molecule has 0 fully saturated rings. The van der Waals surface area contributed by atoms with Crippen LogP contribution in [0.25, 0.3) is 92.2 Å². The molecule has 0 saturated carbocycles. The summed E-state index contributed by atoms with van der Waals surface area (Å²) in [6, 6.07) is 94.6. The summed E-state index contributed by atoms with van der Waals surface area (Å²) in [4.78, 5) is 2.42. The Kier molecular flexibility index (Phi) is 8.48. The normalized spacial score (nSPS) is 13.0. The zero-order chi connectivity index (χ0) is 45.9. The summed E-state index contributed by atoms with van der Waals surface area (Å²) in [5.74, 6) is 0. The molecule has 1 spiro atoms. The van der Waals surface area contributed by atoms with Gasteiger partial charge in [0.05, 0.1) is 26.8 Å². The highest BCUT2D eigenvalue weighted by molar-refractivity contribution is 7.26. The third-order valence-electron chi connectivity index (χ3n) is 15.2. The first-order valence-electron chi connectivity index (χ1n) is 24.2. The molecule has 2 aromatic heterocycles. The molecule has 0 N–H and O–H groups in total. The number of nitrogens with zero attached hydrogens (tertiary/aromatic N) is 2. The Morgan fingerprint density at radius 2 is 0.829 bits per heavy atom. The molecule has 2 aliphatic rings. The summed E-state index contributed by atoms with van der Waals surface area (Å²) in [6.45, 7) is 0. The van der Waals surface area contributed by atoms with Crippen LogP contribution in [-0.2, 0) is 5.41 Å². The zero-order valence-electron chi connectivity index (χ0n) is 38.1. The molecule has 3 heteroatoms. The average Bonchev–Trinajstić information content (AvgIpc) is 4.15. The molecule has 2 nitrogen and oxygen atoms in total. The first-order valence-corrected chi connectivity index (χ1v) is 25.0. The van der Waals surface area contributed by atoms with Gasteiger partial charge in [0.1, 0.15) is 0 Å². The van der Waals surface area contributed by atoms with Crippen molar-refractivity contribution in [3.05, 3.63) is 277 Å². The molecular weight excluding hydrogens is 865 g/mol. The van der Waals surface area contributed by atoms with Gasteiger partial charge in [-0.2, -0.15) is 0 Å². The van der Waals surface area contributed by atoms with Gasteiger partial charge in [0, 0.05) is 43.3 Å². The Hall–Kier alpha value is -8.76. The van der Waals surface area contributed by atoms with Gasteiger partial charge in [0.25, 0.3) is 0 Å². The van der Waals surface area contributed by atoms with E-state index in [0.29, 0.717) is 0 Å². The van der Waals surface area contributed by atoms with Crippen LogP contribution in [0.3, 0.4) is 0 Å². The topological polar surface area (TPSA) is 8.17 Å². The monoisotopic (exact) mass is 906 g/mol. The van der Waals surface area contributed by atoms with E-state index < -0.39 is 5.41 Å². The fraction of sp³-hybridized carbons (Fsp3) is 0.0149. The molecule has 13 aromatic rings. The maximum atomic E-state index is 2.47. The van der Waals surface area contributed by atoms with Crippen LogP contribution in [-0.4, -0.2) is 4.57 Å². The smallest absolute Gasteiger partial charge is 0.0726 e. The fourth-order valence-electron chi connectivity index (χ4n) is 12.3. The van der Waals surface area contributed by atoms with E-state index in [-0.39, 0.29) is 0 Å². The molecule has 2 heterocycles. The van der Waals surface area contributed by atoms with Crippen molar-refractivity contribution < 1.29 is 0 Å². The third-order valence-corrected chi connectivity index (χ3v) is 16.4. The lowest BCUT2D eigenvalue weighted by atomic mass is 9.70. The van der Waals surface area contributed by atoms with E-state index in [1.807, 2.05) is 11.3 Å². The number of thiophene rings is 1. The highest BCUT2D eigenvalue weighted by Gasteiger charge is 2.51. The molecule has 2 aliphatic carbocycles. The minimum absolute atomic E-state index is 0.420. The molecular formula is C67H42N2S. The molecule has 326 valence electrons. The molecule has 0 saturated heterocycles. The van der Waals surface area contributed by atoms with Crippen molar-refractivity contribution in [2.75, 3.05) is 4.90 Å². The number of hydrogen-bond donors (Lipinski definition) is 0. The molecule has 0 atom stereocenters. The fourth-order valence-corrected chi connectivity index (χ4v) is 13.5. The van der Waals surface area contributed by atoms with Gasteiger partial charge in [0.2, 0.25) is 0 Å². The van der Waals surface area contributed by atoms with Gasteiger partial charge in [-0.3, -0.25) is 0 Å². The van der Waals surface area contributed by atoms with E-state index in [2.05, 4.69) is 264 Å². The number of hydrogen-bond acceptors (Lipinski definition) is 2. The van der Waals surface area contributed by atoms with E-state index in [0.717, 1.165) is 17.1 Å². The first-order chi connectivity index (χ1) is 34.7. The summed E-state index contributed by atoms with van der Waals surface area (Å²) >= 11 is 1.88. The number of aromatic nitrogens is 1. The van der Waals surface area contributed by atoms with Crippen LogP contribution >= 0.6 is 11.3 Å². The number of benzene rings is 11. The van der Waals surface area contributed by atoms with Crippen molar-refractivity contribution in [1.82, 2.24) is 4.57 Å². The van der Waals surface area contributed by atoms with Gasteiger partial charge in [0.15, 0.2) is 0 Å². The number of rotatable bonds is 6. The SMILES string of the molecule is c1ccc(N(c2ccc(-c3ccccc3-c3ccc4c(c3)c3ccccc3n4-c3cccc4c3sc3ccccc34)cc2)c2ccc3c(c2)C2(c4ccccc4-c4ccccc42)c2ccccc2-3)cc1. The predicted molar refractivity (Wildman–Crippen MR) is 296 cm³/mol. The Morgan fingerprint density at radius 3 is 1.54 bits per heavy atom. The summed E-state index contributed by atoms with van der Waals surface area (Å²) in [7, 11) is 0. The van der Waals surface area contributed by atoms with Gasteiger partial charge in [-0.25, -0.2) is 0 Å². The Morgan fingerprint density at radius 1 is 0.314 bits per heavy atom. The second-order valence-electron chi connectivity index (χ2n) is 18.7. The maximum absolute atomic E-state index is 2.47. The highest BCUT2D eigenvalue weighted by atomic mass is 32.1. The van der Waals surface area contributed by atoms with Crippen LogP contribution in [0.15, 0.2) is 255 Å². The van der Waals surface area contributed by atoms with Crippen LogP contribution in [0.1, 0.15) is 22.3 Å². The van der Waals surface area contributed by atoms with Crippen LogP contribution < -0.4 is 4.90 Å². The number of fused-ring (bicyclic) bond motifs is 16. The summed E-state index contributed by atoms with van der Waals surface area (Å²) in [5, 5.41) is 5.12. The Labute approximate surface area is 410 Å². The minimum Gasteiger partial charge on any atom is -0.310 e. The van der Waals surface area contributed by atoms with E-state index >= 15 is 0 Å². The van der Waals surface area contributed by atoms with Gasteiger partial charge in [-0.05, 0) is 133 Å². The second-order valence-corrected chi connectivity index (χ2v) is 19.8. The molecule has 0 unspecified atom stereocenters. The number of para-hydroxylation sites is 2. The van der Waals surface area contributed by atoms with Crippen LogP contribution in [0.2, 0.25) is 0 Å². The van der Waals surface area contributed by atoms with E-state index in [1.165, 1.54) is 114 Å². The largest absolute Gasteiger partial charge is 0.310 e. The van der Waals surface area contributed by atoms with Gasteiger partial charge in [-0.15, -0.1) is 11.3 Å². The maximum Gasteiger partial charge on any atom is 0.0726 e. The first kappa shape index (κ1) is 39.3. The minimum atomic E-state index is -0.420. The molecule has 0 amide bonds. The van der Waals surface area contributed by atoms with Crippen LogP contribution in [0.4, 0.5) is 17.1 Å². The van der Waals surface area contributed by atoms with Gasteiger partial charge in [-0.1, -0.05) is 188 Å². The Balaban J connectivity index is 0.846. The van der Waals surface area contributed by atoms with Crippen molar-refractivity contribution in [2.45, 2.75) is 5.41 Å². The summed E-state index contributed by atoms with van der Waals surface area (Å²) < 4.78 is 5.10.